The normalized spacial score (nSPS) is 10.9. The number of thioether (sulfide) groups is 1. The fourth-order valence-electron chi connectivity index (χ4n) is 2.94. The number of rotatable bonds is 7. The van der Waals surface area contributed by atoms with Crippen LogP contribution >= 0.6 is 23.4 Å². The minimum Gasteiger partial charge on any atom is -0.494 e. The van der Waals surface area contributed by atoms with E-state index in [2.05, 4.69) is 15.4 Å². The van der Waals surface area contributed by atoms with Crippen molar-refractivity contribution >= 4 is 40.5 Å². The molecular weight excluding hydrogens is 439 g/mol. The number of anilines is 1. The number of halogens is 2. The van der Waals surface area contributed by atoms with E-state index in [1.165, 1.54) is 30.0 Å². The maximum Gasteiger partial charge on any atom is 0.234 e. The van der Waals surface area contributed by atoms with Crippen molar-refractivity contribution in [3.8, 4) is 17.0 Å². The molecule has 0 aliphatic heterocycles. The molecule has 0 unspecified atom stereocenters. The largest absolute Gasteiger partial charge is 0.494 e. The Morgan fingerprint density at radius 2 is 2.03 bits per heavy atom. The summed E-state index contributed by atoms with van der Waals surface area (Å²) in [5.41, 5.74) is 2.98. The number of ether oxygens (including phenoxy) is 1. The van der Waals surface area contributed by atoms with Crippen LogP contribution in [0.15, 0.2) is 66.0 Å². The van der Waals surface area contributed by atoms with Crippen molar-refractivity contribution in [3.05, 3.63) is 71.8 Å². The lowest BCUT2D eigenvalue weighted by molar-refractivity contribution is -0.113. The van der Waals surface area contributed by atoms with E-state index in [4.69, 9.17) is 16.3 Å². The molecule has 0 saturated carbocycles. The maximum absolute atomic E-state index is 13.3. The van der Waals surface area contributed by atoms with Gasteiger partial charge in [-0.2, -0.15) is 5.10 Å². The summed E-state index contributed by atoms with van der Waals surface area (Å²) in [5.74, 6) is 0.156. The number of benzene rings is 2. The lowest BCUT2D eigenvalue weighted by Crippen LogP contribution is -2.14. The monoisotopic (exact) mass is 456 g/mol. The first-order chi connectivity index (χ1) is 15.0. The Morgan fingerprint density at radius 1 is 1.23 bits per heavy atom. The molecule has 2 aromatic carbocycles. The van der Waals surface area contributed by atoms with Crippen molar-refractivity contribution < 1.29 is 13.9 Å². The topological polar surface area (TPSA) is 68.5 Å². The molecule has 0 fully saturated rings. The Kier molecular flexibility index (Phi) is 6.39. The van der Waals surface area contributed by atoms with Gasteiger partial charge < -0.3 is 10.1 Å². The summed E-state index contributed by atoms with van der Waals surface area (Å²) in [6, 6.07) is 13.7. The van der Waals surface area contributed by atoms with Crippen molar-refractivity contribution in [1.29, 1.82) is 0 Å². The molecule has 158 valence electrons. The summed E-state index contributed by atoms with van der Waals surface area (Å²) < 4.78 is 20.5. The molecule has 0 saturated heterocycles. The third-order valence-electron chi connectivity index (χ3n) is 4.36. The first-order valence-corrected chi connectivity index (χ1v) is 10.8. The summed E-state index contributed by atoms with van der Waals surface area (Å²) in [6.45, 7) is 2.55. The summed E-state index contributed by atoms with van der Waals surface area (Å²) in [7, 11) is 0. The molecule has 2 heterocycles. The Balaban J connectivity index is 1.47. The van der Waals surface area contributed by atoms with Crippen molar-refractivity contribution in [2.24, 2.45) is 0 Å². The molecule has 0 radical (unpaired) electrons. The smallest absolute Gasteiger partial charge is 0.234 e. The number of carbonyl (C=O) groups excluding carboxylic acids is 1. The zero-order valence-corrected chi connectivity index (χ0v) is 18.1. The second kappa shape index (κ2) is 9.36. The van der Waals surface area contributed by atoms with Gasteiger partial charge in [0.25, 0.3) is 0 Å². The van der Waals surface area contributed by atoms with Crippen LogP contribution in [0.5, 0.6) is 5.75 Å². The number of fused-ring (bicyclic) bond motifs is 1. The van der Waals surface area contributed by atoms with Gasteiger partial charge in [-0.05, 0) is 55.5 Å². The summed E-state index contributed by atoms with van der Waals surface area (Å²) >= 11 is 7.05. The zero-order valence-electron chi connectivity index (χ0n) is 16.5. The molecule has 0 aliphatic rings. The average molecular weight is 457 g/mol. The SMILES string of the molecule is CCOc1ccc(-c2cc3c(SCC(=O)Nc4ccc(F)c(Cl)c4)nccn3n2)cc1. The summed E-state index contributed by atoms with van der Waals surface area (Å²) in [4.78, 5) is 16.7. The molecule has 0 bridgehead atoms. The third kappa shape index (κ3) is 4.98. The molecule has 2 aromatic heterocycles. The molecule has 6 nitrogen and oxygen atoms in total. The van der Waals surface area contributed by atoms with Crippen LogP contribution in [0.1, 0.15) is 6.92 Å². The molecular formula is C22H18ClFN4O2S. The highest BCUT2D eigenvalue weighted by Crippen LogP contribution is 2.27. The first kappa shape index (κ1) is 21.1. The van der Waals surface area contributed by atoms with Crippen LogP contribution in [0.25, 0.3) is 16.8 Å². The van der Waals surface area contributed by atoms with Gasteiger partial charge in [0.05, 0.1) is 28.6 Å². The van der Waals surface area contributed by atoms with E-state index in [-0.39, 0.29) is 16.7 Å². The second-order valence-corrected chi connectivity index (χ2v) is 7.89. The standard InChI is InChI=1S/C22H18ClFN4O2S/c1-2-30-16-6-3-14(4-7-16)19-12-20-22(25-9-10-28(20)27-19)31-13-21(29)26-15-5-8-18(24)17(23)11-15/h3-12H,2,13H2,1H3,(H,26,29). The molecule has 0 spiro atoms. The van der Waals surface area contributed by atoms with Crippen molar-refractivity contribution in [2.45, 2.75) is 11.9 Å². The molecule has 1 amide bonds. The molecule has 9 heteroatoms. The van der Waals surface area contributed by atoms with Crippen LogP contribution in [0, 0.1) is 5.82 Å². The summed E-state index contributed by atoms with van der Waals surface area (Å²) in [6.07, 6.45) is 3.40. The number of carbonyl (C=O) groups is 1. The molecule has 4 rings (SSSR count). The molecule has 0 aliphatic carbocycles. The predicted octanol–water partition coefficient (Wildman–Crippen LogP) is 5.32. The van der Waals surface area contributed by atoms with Gasteiger partial charge in [0.15, 0.2) is 0 Å². The highest BCUT2D eigenvalue weighted by Gasteiger charge is 2.12. The van der Waals surface area contributed by atoms with Gasteiger partial charge in [0, 0.05) is 23.6 Å². The minimum atomic E-state index is -0.533. The number of hydrogen-bond acceptors (Lipinski definition) is 5. The second-order valence-electron chi connectivity index (χ2n) is 6.51. The van der Waals surface area contributed by atoms with E-state index >= 15 is 0 Å². The van der Waals surface area contributed by atoms with E-state index in [1.807, 2.05) is 37.3 Å². The number of aromatic nitrogens is 3. The Labute approximate surface area is 187 Å². The lowest BCUT2D eigenvalue weighted by atomic mass is 10.1. The van der Waals surface area contributed by atoms with E-state index in [0.29, 0.717) is 17.3 Å². The van der Waals surface area contributed by atoms with Crippen molar-refractivity contribution in [2.75, 3.05) is 17.7 Å². The quantitative estimate of drug-likeness (QED) is 0.381. The number of hydrogen-bond donors (Lipinski definition) is 1. The van der Waals surface area contributed by atoms with Gasteiger partial charge in [-0.25, -0.2) is 13.9 Å². The molecule has 0 atom stereocenters. The van der Waals surface area contributed by atoms with Crippen LogP contribution in [-0.4, -0.2) is 32.9 Å². The van der Waals surface area contributed by atoms with Crippen LogP contribution in [0.4, 0.5) is 10.1 Å². The fraction of sp³-hybridized carbons (Fsp3) is 0.136. The highest BCUT2D eigenvalue weighted by molar-refractivity contribution is 8.00. The number of nitrogens with zero attached hydrogens (tertiary/aromatic N) is 3. The maximum atomic E-state index is 13.3. The lowest BCUT2D eigenvalue weighted by Gasteiger charge is -2.06. The first-order valence-electron chi connectivity index (χ1n) is 9.49. The fourth-order valence-corrected chi connectivity index (χ4v) is 3.90. The average Bonchev–Trinajstić information content (AvgIpc) is 3.20. The van der Waals surface area contributed by atoms with Gasteiger partial charge in [0.1, 0.15) is 16.6 Å². The van der Waals surface area contributed by atoms with Gasteiger partial charge in [-0.1, -0.05) is 23.4 Å². The zero-order chi connectivity index (χ0) is 21.8. The van der Waals surface area contributed by atoms with Crippen LogP contribution < -0.4 is 10.1 Å². The van der Waals surface area contributed by atoms with E-state index < -0.39 is 5.82 Å². The van der Waals surface area contributed by atoms with Gasteiger partial charge in [-0.15, -0.1) is 0 Å². The van der Waals surface area contributed by atoms with E-state index in [1.54, 1.807) is 16.9 Å². The van der Waals surface area contributed by atoms with Gasteiger partial charge >= 0.3 is 0 Å². The Hall–Kier alpha value is -3.10. The summed E-state index contributed by atoms with van der Waals surface area (Å²) in [5, 5.41) is 7.94. The van der Waals surface area contributed by atoms with Crippen LogP contribution in [0.2, 0.25) is 5.02 Å². The van der Waals surface area contributed by atoms with Crippen LogP contribution in [-0.2, 0) is 4.79 Å². The van der Waals surface area contributed by atoms with Crippen molar-refractivity contribution in [1.82, 2.24) is 14.6 Å². The molecule has 4 aromatic rings. The third-order valence-corrected chi connectivity index (χ3v) is 5.64. The predicted molar refractivity (Wildman–Crippen MR) is 120 cm³/mol. The van der Waals surface area contributed by atoms with E-state index in [9.17, 15) is 9.18 Å². The molecule has 31 heavy (non-hydrogen) atoms. The van der Waals surface area contributed by atoms with Crippen molar-refractivity contribution in [3.63, 3.8) is 0 Å². The Morgan fingerprint density at radius 3 is 2.77 bits per heavy atom. The van der Waals surface area contributed by atoms with Crippen LogP contribution in [0.3, 0.4) is 0 Å². The van der Waals surface area contributed by atoms with E-state index in [0.717, 1.165) is 22.5 Å². The minimum absolute atomic E-state index is 0.0435. The number of nitrogens with one attached hydrogen (secondary N) is 1. The van der Waals surface area contributed by atoms with Gasteiger partial charge in [0.2, 0.25) is 5.91 Å². The Bertz CT molecular complexity index is 1230. The van der Waals surface area contributed by atoms with Gasteiger partial charge in [-0.3, -0.25) is 4.79 Å². The number of amides is 1. The highest BCUT2D eigenvalue weighted by atomic mass is 35.5. The molecule has 1 N–H and O–H groups in total.